The highest BCUT2D eigenvalue weighted by atomic mass is 35.5. The van der Waals surface area contributed by atoms with Gasteiger partial charge in [0.25, 0.3) is 6.02 Å². The SMILES string of the molecule is CC1OCCC2Oc3ccc(-c4cncc(Cl)c4)cc3[C@@]3(COC(N)=N3)C12. The van der Waals surface area contributed by atoms with Gasteiger partial charge in [-0.25, -0.2) is 4.99 Å². The molecule has 4 atom stereocenters. The van der Waals surface area contributed by atoms with Crippen molar-refractivity contribution in [2.24, 2.45) is 16.6 Å². The Balaban J connectivity index is 1.69. The second kappa shape index (κ2) is 6.11. The largest absolute Gasteiger partial charge is 0.489 e. The van der Waals surface area contributed by atoms with Gasteiger partial charge in [-0.15, -0.1) is 0 Å². The van der Waals surface area contributed by atoms with Gasteiger partial charge in [-0.2, -0.15) is 0 Å². The van der Waals surface area contributed by atoms with Crippen molar-refractivity contribution in [2.75, 3.05) is 13.2 Å². The molecule has 5 rings (SSSR count). The fraction of sp³-hybridized carbons (Fsp3) is 0.400. The third kappa shape index (κ3) is 2.58. The van der Waals surface area contributed by atoms with Crippen molar-refractivity contribution in [3.05, 3.63) is 47.2 Å². The van der Waals surface area contributed by atoms with E-state index in [1.54, 1.807) is 12.4 Å². The van der Waals surface area contributed by atoms with Crippen molar-refractivity contribution in [3.63, 3.8) is 0 Å². The predicted molar refractivity (Wildman–Crippen MR) is 102 cm³/mol. The third-order valence-corrected chi connectivity index (χ3v) is 5.96. The maximum Gasteiger partial charge on any atom is 0.283 e. The number of nitrogens with zero attached hydrogens (tertiary/aromatic N) is 2. The van der Waals surface area contributed by atoms with Crippen LogP contribution in [0.3, 0.4) is 0 Å². The first-order chi connectivity index (χ1) is 13.1. The number of hydrogen-bond donors (Lipinski definition) is 1. The molecule has 1 spiro atoms. The van der Waals surface area contributed by atoms with Crippen molar-refractivity contribution in [3.8, 4) is 16.9 Å². The summed E-state index contributed by atoms with van der Waals surface area (Å²) >= 11 is 6.13. The van der Waals surface area contributed by atoms with Crippen LogP contribution in [0.15, 0.2) is 41.7 Å². The van der Waals surface area contributed by atoms with Crippen LogP contribution in [0.25, 0.3) is 11.1 Å². The predicted octanol–water partition coefficient (Wildman–Crippen LogP) is 3.13. The number of nitrogens with two attached hydrogens (primary N) is 1. The molecule has 3 aliphatic rings. The average Bonchev–Trinajstić information content (AvgIpc) is 3.04. The Morgan fingerprint density at radius 1 is 1.22 bits per heavy atom. The summed E-state index contributed by atoms with van der Waals surface area (Å²) in [5, 5.41) is 0.594. The summed E-state index contributed by atoms with van der Waals surface area (Å²) in [6.45, 7) is 3.14. The minimum Gasteiger partial charge on any atom is -0.489 e. The Bertz CT molecular complexity index is 934. The van der Waals surface area contributed by atoms with E-state index in [9.17, 15) is 0 Å². The molecule has 0 aliphatic carbocycles. The molecule has 2 N–H and O–H groups in total. The van der Waals surface area contributed by atoms with Crippen LogP contribution in [0, 0.1) is 5.92 Å². The first-order valence-corrected chi connectivity index (χ1v) is 9.46. The summed E-state index contributed by atoms with van der Waals surface area (Å²) in [7, 11) is 0. The summed E-state index contributed by atoms with van der Waals surface area (Å²) in [6.07, 6.45) is 4.26. The fourth-order valence-corrected chi connectivity index (χ4v) is 4.77. The maximum atomic E-state index is 6.36. The van der Waals surface area contributed by atoms with Gasteiger partial charge in [-0.05, 0) is 30.7 Å². The average molecular weight is 386 g/mol. The van der Waals surface area contributed by atoms with Crippen LogP contribution >= 0.6 is 11.6 Å². The van der Waals surface area contributed by atoms with Crippen molar-refractivity contribution in [1.29, 1.82) is 0 Å². The van der Waals surface area contributed by atoms with Gasteiger partial charge in [-0.1, -0.05) is 17.7 Å². The molecule has 140 valence electrons. The molecule has 3 aliphatic heterocycles. The van der Waals surface area contributed by atoms with Crippen molar-refractivity contribution >= 4 is 17.6 Å². The Morgan fingerprint density at radius 2 is 2.11 bits per heavy atom. The first-order valence-electron chi connectivity index (χ1n) is 9.09. The molecular weight excluding hydrogens is 366 g/mol. The normalized spacial score (nSPS) is 31.5. The molecule has 4 heterocycles. The lowest BCUT2D eigenvalue weighted by molar-refractivity contribution is -0.116. The highest BCUT2D eigenvalue weighted by Gasteiger charge is 2.57. The van der Waals surface area contributed by atoms with E-state index in [0.717, 1.165) is 28.9 Å². The lowest BCUT2D eigenvalue weighted by atomic mass is 9.69. The third-order valence-electron chi connectivity index (χ3n) is 5.75. The molecule has 0 bridgehead atoms. The van der Waals surface area contributed by atoms with Crippen LogP contribution in [0.5, 0.6) is 5.75 Å². The molecule has 0 radical (unpaired) electrons. The number of pyridine rings is 1. The Hall–Kier alpha value is -2.31. The number of benzene rings is 1. The highest BCUT2D eigenvalue weighted by molar-refractivity contribution is 6.30. The van der Waals surface area contributed by atoms with Crippen molar-refractivity contribution < 1.29 is 14.2 Å². The summed E-state index contributed by atoms with van der Waals surface area (Å²) in [5.74, 6) is 0.860. The van der Waals surface area contributed by atoms with Crippen LogP contribution in [0.1, 0.15) is 18.9 Å². The van der Waals surface area contributed by atoms with Gasteiger partial charge < -0.3 is 19.9 Å². The quantitative estimate of drug-likeness (QED) is 0.815. The Labute approximate surface area is 162 Å². The zero-order valence-corrected chi connectivity index (χ0v) is 15.6. The zero-order valence-electron chi connectivity index (χ0n) is 14.9. The Kier molecular flexibility index (Phi) is 3.81. The second-order valence-electron chi connectivity index (χ2n) is 7.31. The van der Waals surface area contributed by atoms with Crippen molar-refractivity contribution in [2.45, 2.75) is 31.1 Å². The van der Waals surface area contributed by atoms with E-state index in [4.69, 9.17) is 36.5 Å². The molecule has 3 unspecified atom stereocenters. The van der Waals surface area contributed by atoms with E-state index in [1.807, 2.05) is 18.2 Å². The first kappa shape index (κ1) is 16.8. The number of aromatic nitrogens is 1. The summed E-state index contributed by atoms with van der Waals surface area (Å²) < 4.78 is 17.9. The lowest BCUT2D eigenvalue weighted by Crippen LogP contribution is -2.56. The topological polar surface area (TPSA) is 79.0 Å². The number of halogens is 1. The Morgan fingerprint density at radius 3 is 2.89 bits per heavy atom. The molecule has 0 saturated carbocycles. The zero-order chi connectivity index (χ0) is 18.6. The van der Waals surface area contributed by atoms with Crippen molar-refractivity contribution in [1.82, 2.24) is 4.98 Å². The number of rotatable bonds is 1. The molecule has 1 aromatic heterocycles. The standard InChI is InChI=1S/C20H20ClN3O3/c1-11-18-17(4-5-25-11)27-16-3-2-12(13-6-14(21)9-23-8-13)7-15(16)20(18)10-26-19(22)24-20/h2-3,6-9,11,17-18H,4-5,10H2,1H3,(H2,22,24)/t11?,17?,18?,20-/m0/s1. The van der Waals surface area contributed by atoms with E-state index in [-0.39, 0.29) is 24.1 Å². The van der Waals surface area contributed by atoms with Crippen LogP contribution < -0.4 is 10.5 Å². The van der Waals surface area contributed by atoms with Gasteiger partial charge in [0.1, 0.15) is 24.0 Å². The summed E-state index contributed by atoms with van der Waals surface area (Å²) in [5.41, 5.74) is 8.25. The number of aliphatic imine (C=N–C) groups is 1. The highest BCUT2D eigenvalue weighted by Crippen LogP contribution is 2.52. The van der Waals surface area contributed by atoms with Gasteiger partial charge >= 0.3 is 0 Å². The number of amidine groups is 1. The molecule has 7 heteroatoms. The van der Waals surface area contributed by atoms with E-state index in [0.29, 0.717) is 18.2 Å². The van der Waals surface area contributed by atoms with Crippen LogP contribution in [-0.2, 0) is 15.0 Å². The molecule has 1 aromatic carbocycles. The molecule has 1 saturated heterocycles. The molecular formula is C20H20ClN3O3. The fourth-order valence-electron chi connectivity index (χ4n) is 4.60. The molecule has 6 nitrogen and oxygen atoms in total. The van der Waals surface area contributed by atoms with Gasteiger partial charge in [0, 0.05) is 29.9 Å². The van der Waals surface area contributed by atoms with Gasteiger partial charge in [0.15, 0.2) is 0 Å². The van der Waals surface area contributed by atoms with E-state index < -0.39 is 5.54 Å². The molecule has 27 heavy (non-hydrogen) atoms. The maximum absolute atomic E-state index is 6.36. The lowest BCUT2D eigenvalue weighted by Gasteiger charge is -2.48. The second-order valence-corrected chi connectivity index (χ2v) is 7.75. The number of ether oxygens (including phenoxy) is 3. The van der Waals surface area contributed by atoms with E-state index in [2.05, 4.69) is 18.0 Å². The number of fused-ring (bicyclic) bond motifs is 4. The smallest absolute Gasteiger partial charge is 0.283 e. The van der Waals surface area contributed by atoms with Crippen LogP contribution in [0.2, 0.25) is 5.02 Å². The van der Waals surface area contributed by atoms with E-state index in [1.165, 1.54) is 0 Å². The van der Waals surface area contributed by atoms with Crippen LogP contribution in [0.4, 0.5) is 0 Å². The van der Waals surface area contributed by atoms with Crippen LogP contribution in [-0.4, -0.2) is 36.4 Å². The molecule has 0 amide bonds. The molecule has 1 fully saturated rings. The summed E-state index contributed by atoms with van der Waals surface area (Å²) in [4.78, 5) is 8.97. The number of hydrogen-bond acceptors (Lipinski definition) is 6. The monoisotopic (exact) mass is 385 g/mol. The van der Waals surface area contributed by atoms with E-state index >= 15 is 0 Å². The van der Waals surface area contributed by atoms with Gasteiger partial charge in [0.05, 0.1) is 23.7 Å². The molecule has 2 aromatic rings. The minimum absolute atomic E-state index is 0.00774. The van der Waals surface area contributed by atoms with Gasteiger partial charge in [-0.3, -0.25) is 4.98 Å². The minimum atomic E-state index is -0.607. The van der Waals surface area contributed by atoms with Gasteiger partial charge in [0.2, 0.25) is 0 Å². The summed E-state index contributed by atoms with van der Waals surface area (Å²) in [6, 6.07) is 8.21.